The Hall–Kier alpha value is -2.26. The lowest BCUT2D eigenvalue weighted by Crippen LogP contribution is -2.16. The van der Waals surface area contributed by atoms with Crippen molar-refractivity contribution in [3.8, 4) is 6.07 Å². The summed E-state index contributed by atoms with van der Waals surface area (Å²) in [7, 11) is 0. The van der Waals surface area contributed by atoms with E-state index in [4.69, 9.17) is 5.26 Å². The van der Waals surface area contributed by atoms with E-state index in [1.54, 1.807) is 24.3 Å². The average molecular weight is 342 g/mol. The molecule has 24 heavy (non-hydrogen) atoms. The number of hydrogen-bond acceptors (Lipinski definition) is 4. The molecule has 0 atom stereocenters. The maximum absolute atomic E-state index is 12.2. The van der Waals surface area contributed by atoms with Crippen LogP contribution < -0.4 is 5.32 Å². The first-order valence-corrected chi connectivity index (χ1v) is 8.86. The molecular weight excluding hydrogens is 320 g/mol. The van der Waals surface area contributed by atoms with Gasteiger partial charge in [0.25, 0.3) is 0 Å². The molecule has 0 aliphatic carbocycles. The normalized spacial score (nSPS) is 10.7. The number of benzene rings is 1. The quantitative estimate of drug-likeness (QED) is 0.812. The third kappa shape index (κ3) is 4.39. The highest BCUT2D eigenvalue weighted by Crippen LogP contribution is 2.23. The Balaban J connectivity index is 2.04. The number of aromatic nitrogens is 2. The summed E-state index contributed by atoms with van der Waals surface area (Å²) in [5.41, 5.74) is 3.14. The summed E-state index contributed by atoms with van der Waals surface area (Å²) >= 11 is 1.42. The van der Waals surface area contributed by atoms with Crippen molar-refractivity contribution in [1.29, 1.82) is 5.26 Å². The molecule has 1 aromatic carbocycles. The Morgan fingerprint density at radius 2 is 2.08 bits per heavy atom. The Labute approximate surface area is 147 Å². The van der Waals surface area contributed by atoms with E-state index >= 15 is 0 Å². The molecule has 0 unspecified atom stereocenters. The predicted octanol–water partition coefficient (Wildman–Crippen LogP) is 3.76. The Bertz CT molecular complexity index is 774. The Morgan fingerprint density at radius 1 is 1.38 bits per heavy atom. The summed E-state index contributed by atoms with van der Waals surface area (Å²) in [6.45, 7) is 9.24. The molecular formula is C18H22N4OS. The number of thioether (sulfide) groups is 1. The average Bonchev–Trinajstić information content (AvgIpc) is 2.81. The van der Waals surface area contributed by atoms with Crippen LogP contribution in [0.1, 0.15) is 30.8 Å². The van der Waals surface area contributed by atoms with Crippen molar-refractivity contribution in [2.75, 3.05) is 11.1 Å². The topological polar surface area (TPSA) is 70.7 Å². The van der Waals surface area contributed by atoms with E-state index in [-0.39, 0.29) is 11.7 Å². The van der Waals surface area contributed by atoms with E-state index in [9.17, 15) is 4.79 Å². The van der Waals surface area contributed by atoms with Crippen LogP contribution in [0.3, 0.4) is 0 Å². The van der Waals surface area contributed by atoms with E-state index in [2.05, 4.69) is 41.7 Å². The van der Waals surface area contributed by atoms with Crippen molar-refractivity contribution in [3.63, 3.8) is 0 Å². The van der Waals surface area contributed by atoms with Gasteiger partial charge in [0.05, 0.1) is 22.7 Å². The number of nitrogens with one attached hydrogen (secondary N) is 1. The fraction of sp³-hybridized carbons (Fsp3) is 0.389. The molecule has 126 valence electrons. The van der Waals surface area contributed by atoms with E-state index in [0.717, 1.165) is 23.1 Å². The molecule has 0 saturated carbocycles. The second-order valence-corrected chi connectivity index (χ2v) is 7.01. The second-order valence-electron chi connectivity index (χ2n) is 6.06. The number of carbonyl (C=O) groups excluding carboxylic acids is 1. The van der Waals surface area contributed by atoms with Gasteiger partial charge in [-0.3, -0.25) is 4.79 Å². The van der Waals surface area contributed by atoms with E-state index in [1.165, 1.54) is 11.8 Å². The molecule has 1 amide bonds. The zero-order chi connectivity index (χ0) is 17.7. The second kappa shape index (κ2) is 8.02. The molecule has 2 rings (SSSR count). The van der Waals surface area contributed by atoms with Crippen molar-refractivity contribution in [2.24, 2.45) is 5.92 Å². The number of carbonyl (C=O) groups is 1. The highest BCUT2D eigenvalue weighted by molar-refractivity contribution is 7.99. The van der Waals surface area contributed by atoms with Gasteiger partial charge >= 0.3 is 0 Å². The minimum Gasteiger partial charge on any atom is -0.324 e. The van der Waals surface area contributed by atoms with Gasteiger partial charge in [-0.15, -0.1) is 0 Å². The summed E-state index contributed by atoms with van der Waals surface area (Å²) in [6.07, 6.45) is 0. The number of rotatable bonds is 6. The molecule has 1 N–H and O–H groups in total. The van der Waals surface area contributed by atoms with Crippen molar-refractivity contribution >= 4 is 23.4 Å². The number of anilines is 1. The predicted molar refractivity (Wildman–Crippen MR) is 97.0 cm³/mol. The van der Waals surface area contributed by atoms with Gasteiger partial charge in [0.1, 0.15) is 6.07 Å². The summed E-state index contributed by atoms with van der Waals surface area (Å²) in [5, 5.41) is 12.7. The Kier molecular flexibility index (Phi) is 6.04. The minimum atomic E-state index is -0.142. The molecule has 0 aliphatic rings. The number of nitrogens with zero attached hydrogens (tertiary/aromatic N) is 3. The van der Waals surface area contributed by atoms with Crippen molar-refractivity contribution < 1.29 is 4.79 Å². The maximum Gasteiger partial charge on any atom is 0.234 e. The molecule has 5 nitrogen and oxygen atoms in total. The van der Waals surface area contributed by atoms with Gasteiger partial charge in [-0.2, -0.15) is 5.26 Å². The summed E-state index contributed by atoms with van der Waals surface area (Å²) in [5.74, 6) is 0.624. The van der Waals surface area contributed by atoms with Crippen molar-refractivity contribution in [2.45, 2.75) is 39.4 Å². The highest BCUT2D eigenvalue weighted by atomic mass is 32.2. The van der Waals surface area contributed by atoms with Gasteiger partial charge in [0, 0.05) is 12.2 Å². The Morgan fingerprint density at radius 3 is 2.75 bits per heavy atom. The first-order valence-electron chi connectivity index (χ1n) is 7.88. The number of para-hydroxylation sites is 1. The SMILES string of the molecule is Cc1nc(SCC(=O)Nc2ccccc2C#N)n(CC(C)C)c1C. The first-order chi connectivity index (χ1) is 11.4. The first kappa shape index (κ1) is 18.1. The van der Waals surface area contributed by atoms with Crippen LogP contribution in [0.5, 0.6) is 0 Å². The molecule has 6 heteroatoms. The van der Waals surface area contributed by atoms with Crippen molar-refractivity contribution in [1.82, 2.24) is 9.55 Å². The molecule has 0 radical (unpaired) electrons. The lowest BCUT2D eigenvalue weighted by molar-refractivity contribution is -0.113. The summed E-state index contributed by atoms with van der Waals surface area (Å²) in [4.78, 5) is 16.8. The number of amides is 1. The third-order valence-corrected chi connectivity index (χ3v) is 4.60. The summed E-state index contributed by atoms with van der Waals surface area (Å²) < 4.78 is 2.17. The van der Waals surface area contributed by atoms with E-state index in [1.807, 2.05) is 6.92 Å². The van der Waals surface area contributed by atoms with Gasteiger partial charge in [0.2, 0.25) is 5.91 Å². The molecule has 0 spiro atoms. The lowest BCUT2D eigenvalue weighted by Gasteiger charge is -2.12. The van der Waals surface area contributed by atoms with Gasteiger partial charge in [-0.05, 0) is 31.9 Å². The van der Waals surface area contributed by atoms with Gasteiger partial charge < -0.3 is 9.88 Å². The molecule has 1 aromatic heterocycles. The van der Waals surface area contributed by atoms with Crippen LogP contribution in [0.15, 0.2) is 29.4 Å². The largest absolute Gasteiger partial charge is 0.324 e. The van der Waals surface area contributed by atoms with Gasteiger partial charge in [-0.1, -0.05) is 37.7 Å². The van der Waals surface area contributed by atoms with Crippen LogP contribution in [0.2, 0.25) is 0 Å². The zero-order valence-electron chi connectivity index (χ0n) is 14.5. The molecule has 0 bridgehead atoms. The molecule has 0 aliphatic heterocycles. The third-order valence-electron chi connectivity index (χ3n) is 3.62. The van der Waals surface area contributed by atoms with Gasteiger partial charge in [-0.25, -0.2) is 4.98 Å². The summed E-state index contributed by atoms with van der Waals surface area (Å²) in [6, 6.07) is 9.07. The smallest absolute Gasteiger partial charge is 0.234 e. The lowest BCUT2D eigenvalue weighted by atomic mass is 10.2. The van der Waals surface area contributed by atoms with Crippen LogP contribution in [0, 0.1) is 31.1 Å². The monoisotopic (exact) mass is 342 g/mol. The minimum absolute atomic E-state index is 0.142. The van der Waals surface area contributed by atoms with Crippen LogP contribution in [0.25, 0.3) is 0 Å². The molecule has 0 saturated heterocycles. The standard InChI is InChI=1S/C18H22N4OS/c1-12(2)10-22-14(4)13(3)20-18(22)24-11-17(23)21-16-8-6-5-7-15(16)9-19/h5-8,12H,10-11H2,1-4H3,(H,21,23). The van der Waals surface area contributed by atoms with Crippen molar-refractivity contribution in [3.05, 3.63) is 41.2 Å². The van der Waals surface area contributed by atoms with Crippen LogP contribution in [0.4, 0.5) is 5.69 Å². The van der Waals surface area contributed by atoms with E-state index in [0.29, 0.717) is 17.2 Å². The molecule has 0 fully saturated rings. The molecule has 1 heterocycles. The highest BCUT2D eigenvalue weighted by Gasteiger charge is 2.14. The van der Waals surface area contributed by atoms with E-state index < -0.39 is 0 Å². The number of nitriles is 1. The fourth-order valence-corrected chi connectivity index (χ4v) is 3.22. The van der Waals surface area contributed by atoms with Crippen LogP contribution in [-0.2, 0) is 11.3 Å². The maximum atomic E-state index is 12.2. The van der Waals surface area contributed by atoms with Crippen LogP contribution >= 0.6 is 11.8 Å². The van der Waals surface area contributed by atoms with Gasteiger partial charge in [0.15, 0.2) is 5.16 Å². The number of imidazole rings is 1. The fourth-order valence-electron chi connectivity index (χ4n) is 2.32. The zero-order valence-corrected chi connectivity index (χ0v) is 15.3. The number of aryl methyl sites for hydroxylation is 1. The van der Waals surface area contributed by atoms with Crippen LogP contribution in [-0.4, -0.2) is 21.2 Å². The molecule has 2 aromatic rings. The number of hydrogen-bond donors (Lipinski definition) is 1.